The molecular formula is C9H20N2S. The lowest BCUT2D eigenvalue weighted by atomic mass is 10.0. The molecule has 3 heteroatoms. The summed E-state index contributed by atoms with van der Waals surface area (Å²) in [6, 6.07) is 0.683. The van der Waals surface area contributed by atoms with Gasteiger partial charge in [-0.25, -0.2) is 0 Å². The highest BCUT2D eigenvalue weighted by Crippen LogP contribution is 2.23. The van der Waals surface area contributed by atoms with E-state index in [9.17, 15) is 0 Å². The minimum Gasteiger partial charge on any atom is -0.329 e. The van der Waals surface area contributed by atoms with E-state index in [-0.39, 0.29) is 5.54 Å². The normalized spacial score (nSPS) is 27.5. The summed E-state index contributed by atoms with van der Waals surface area (Å²) in [4.78, 5) is 2.53. The van der Waals surface area contributed by atoms with Crippen LogP contribution in [0.4, 0.5) is 0 Å². The summed E-state index contributed by atoms with van der Waals surface area (Å²) in [5.74, 6) is 2.51. The Kier molecular flexibility index (Phi) is 3.44. The third-order valence-corrected chi connectivity index (χ3v) is 3.83. The maximum Gasteiger partial charge on any atom is 0.0278 e. The molecular weight excluding hydrogens is 168 g/mol. The molecule has 1 atom stereocenters. The molecule has 1 rings (SSSR count). The predicted molar refractivity (Wildman–Crippen MR) is 56.6 cm³/mol. The van der Waals surface area contributed by atoms with E-state index in [4.69, 9.17) is 5.73 Å². The van der Waals surface area contributed by atoms with Crippen LogP contribution in [0, 0.1) is 0 Å². The van der Waals surface area contributed by atoms with Gasteiger partial charge in [-0.2, -0.15) is 11.8 Å². The Hall–Kier alpha value is 0.270. The number of thioether (sulfide) groups is 1. The van der Waals surface area contributed by atoms with Crippen molar-refractivity contribution in [2.45, 2.75) is 32.4 Å². The lowest BCUT2D eigenvalue weighted by Gasteiger charge is -2.44. The summed E-state index contributed by atoms with van der Waals surface area (Å²) in [6.07, 6.45) is 0. The maximum absolute atomic E-state index is 5.75. The van der Waals surface area contributed by atoms with E-state index in [0.29, 0.717) is 6.04 Å². The molecule has 0 aromatic rings. The van der Waals surface area contributed by atoms with Gasteiger partial charge in [-0.1, -0.05) is 0 Å². The van der Waals surface area contributed by atoms with Crippen LogP contribution in [-0.4, -0.2) is 41.1 Å². The third-order valence-electron chi connectivity index (χ3n) is 2.64. The molecule has 1 fully saturated rings. The molecule has 0 amide bonds. The molecule has 0 aromatic heterocycles. The van der Waals surface area contributed by atoms with Gasteiger partial charge in [0.15, 0.2) is 0 Å². The second-order valence-electron chi connectivity index (χ2n) is 4.13. The Bertz CT molecular complexity index is 147. The standard InChI is InChI=1S/C9H20N2S/c1-8-6-12-5-4-11(8)9(2,3)7-10/h8H,4-7,10H2,1-3H3. The Morgan fingerprint density at radius 3 is 2.75 bits per heavy atom. The molecule has 72 valence electrons. The van der Waals surface area contributed by atoms with Crippen molar-refractivity contribution in [1.29, 1.82) is 0 Å². The van der Waals surface area contributed by atoms with Crippen LogP contribution < -0.4 is 5.73 Å². The Labute approximate surface area is 79.9 Å². The highest BCUT2D eigenvalue weighted by molar-refractivity contribution is 7.99. The van der Waals surface area contributed by atoms with E-state index in [1.807, 2.05) is 0 Å². The molecule has 0 aromatic carbocycles. The first kappa shape index (κ1) is 10.4. The highest BCUT2D eigenvalue weighted by atomic mass is 32.2. The quantitative estimate of drug-likeness (QED) is 0.705. The molecule has 2 N–H and O–H groups in total. The van der Waals surface area contributed by atoms with E-state index in [2.05, 4.69) is 37.4 Å². The molecule has 0 bridgehead atoms. The number of rotatable bonds is 2. The zero-order valence-electron chi connectivity index (χ0n) is 8.34. The van der Waals surface area contributed by atoms with Crippen molar-refractivity contribution in [3.8, 4) is 0 Å². The average molecular weight is 188 g/mol. The zero-order valence-corrected chi connectivity index (χ0v) is 9.16. The van der Waals surface area contributed by atoms with Crippen molar-refractivity contribution in [3.05, 3.63) is 0 Å². The monoisotopic (exact) mass is 188 g/mol. The van der Waals surface area contributed by atoms with Gasteiger partial charge >= 0.3 is 0 Å². The van der Waals surface area contributed by atoms with Gasteiger partial charge in [0.05, 0.1) is 0 Å². The van der Waals surface area contributed by atoms with Crippen LogP contribution in [0.1, 0.15) is 20.8 Å². The molecule has 1 aliphatic rings. The van der Waals surface area contributed by atoms with Crippen molar-refractivity contribution in [2.24, 2.45) is 5.73 Å². The lowest BCUT2D eigenvalue weighted by molar-refractivity contribution is 0.0974. The van der Waals surface area contributed by atoms with Crippen LogP contribution in [0.3, 0.4) is 0 Å². The minimum atomic E-state index is 0.181. The van der Waals surface area contributed by atoms with Crippen molar-refractivity contribution in [2.75, 3.05) is 24.6 Å². The van der Waals surface area contributed by atoms with Gasteiger partial charge in [0.2, 0.25) is 0 Å². The third kappa shape index (κ3) is 2.15. The van der Waals surface area contributed by atoms with Gasteiger partial charge in [0.25, 0.3) is 0 Å². The predicted octanol–water partition coefficient (Wildman–Crippen LogP) is 1.16. The molecule has 0 spiro atoms. The molecule has 0 radical (unpaired) electrons. The topological polar surface area (TPSA) is 29.3 Å². The summed E-state index contributed by atoms with van der Waals surface area (Å²) < 4.78 is 0. The first-order valence-corrected chi connectivity index (χ1v) is 5.78. The molecule has 1 unspecified atom stereocenters. The van der Waals surface area contributed by atoms with E-state index < -0.39 is 0 Å². The summed E-state index contributed by atoms with van der Waals surface area (Å²) in [6.45, 7) is 8.71. The molecule has 1 heterocycles. The fraction of sp³-hybridized carbons (Fsp3) is 1.00. The van der Waals surface area contributed by atoms with Gasteiger partial charge in [0.1, 0.15) is 0 Å². The first-order chi connectivity index (χ1) is 5.58. The van der Waals surface area contributed by atoms with E-state index in [0.717, 1.165) is 6.54 Å². The number of nitrogens with zero attached hydrogens (tertiary/aromatic N) is 1. The van der Waals surface area contributed by atoms with Gasteiger partial charge in [0, 0.05) is 36.2 Å². The maximum atomic E-state index is 5.75. The number of hydrogen-bond donors (Lipinski definition) is 1. The fourth-order valence-corrected chi connectivity index (χ4v) is 2.76. The smallest absolute Gasteiger partial charge is 0.0278 e. The second-order valence-corrected chi connectivity index (χ2v) is 5.28. The van der Waals surface area contributed by atoms with Gasteiger partial charge in [-0.3, -0.25) is 4.90 Å². The fourth-order valence-electron chi connectivity index (χ4n) is 1.74. The Balaban J connectivity index is 2.58. The zero-order chi connectivity index (χ0) is 9.19. The largest absolute Gasteiger partial charge is 0.329 e. The van der Waals surface area contributed by atoms with Crippen molar-refractivity contribution < 1.29 is 0 Å². The van der Waals surface area contributed by atoms with Crippen LogP contribution in [-0.2, 0) is 0 Å². The summed E-state index contributed by atoms with van der Waals surface area (Å²) in [5.41, 5.74) is 5.93. The minimum absolute atomic E-state index is 0.181. The van der Waals surface area contributed by atoms with Crippen LogP contribution in [0.15, 0.2) is 0 Å². The molecule has 2 nitrogen and oxygen atoms in total. The van der Waals surface area contributed by atoms with E-state index in [1.54, 1.807) is 0 Å². The summed E-state index contributed by atoms with van der Waals surface area (Å²) in [7, 11) is 0. The SMILES string of the molecule is CC1CSCCN1C(C)(C)CN. The van der Waals surface area contributed by atoms with Crippen molar-refractivity contribution in [3.63, 3.8) is 0 Å². The molecule has 1 saturated heterocycles. The van der Waals surface area contributed by atoms with Gasteiger partial charge < -0.3 is 5.73 Å². The van der Waals surface area contributed by atoms with Crippen LogP contribution in [0.5, 0.6) is 0 Å². The first-order valence-electron chi connectivity index (χ1n) is 4.62. The Morgan fingerprint density at radius 1 is 1.58 bits per heavy atom. The average Bonchev–Trinajstić information content (AvgIpc) is 2.05. The van der Waals surface area contributed by atoms with Crippen molar-refractivity contribution in [1.82, 2.24) is 4.90 Å². The summed E-state index contributed by atoms with van der Waals surface area (Å²) >= 11 is 2.05. The molecule has 12 heavy (non-hydrogen) atoms. The van der Waals surface area contributed by atoms with Crippen LogP contribution in [0.2, 0.25) is 0 Å². The highest BCUT2D eigenvalue weighted by Gasteiger charge is 2.30. The van der Waals surface area contributed by atoms with Crippen LogP contribution in [0.25, 0.3) is 0 Å². The van der Waals surface area contributed by atoms with E-state index in [1.165, 1.54) is 18.1 Å². The second kappa shape index (κ2) is 3.99. The molecule has 0 saturated carbocycles. The number of hydrogen-bond acceptors (Lipinski definition) is 3. The summed E-state index contributed by atoms with van der Waals surface area (Å²) in [5, 5.41) is 0. The lowest BCUT2D eigenvalue weighted by Crippen LogP contribution is -2.56. The molecule has 1 aliphatic heterocycles. The Morgan fingerprint density at radius 2 is 2.25 bits per heavy atom. The van der Waals surface area contributed by atoms with Gasteiger partial charge in [-0.05, 0) is 20.8 Å². The van der Waals surface area contributed by atoms with E-state index >= 15 is 0 Å². The van der Waals surface area contributed by atoms with Crippen molar-refractivity contribution >= 4 is 11.8 Å². The van der Waals surface area contributed by atoms with Crippen LogP contribution >= 0.6 is 11.8 Å². The van der Waals surface area contributed by atoms with Gasteiger partial charge in [-0.15, -0.1) is 0 Å². The number of nitrogens with two attached hydrogens (primary N) is 1. The molecule has 0 aliphatic carbocycles.